The molecule has 1 saturated carbocycles. The van der Waals surface area contributed by atoms with Gasteiger partial charge in [-0.25, -0.2) is 9.59 Å². The summed E-state index contributed by atoms with van der Waals surface area (Å²) in [6, 6.07) is 7.05. The Labute approximate surface area is 166 Å². The van der Waals surface area contributed by atoms with Crippen LogP contribution in [0, 0.1) is 12.8 Å². The Hall–Kier alpha value is -1.69. The Kier molecular flexibility index (Phi) is 7.05. The summed E-state index contributed by atoms with van der Waals surface area (Å²) in [5, 5.41) is 3.04. The average molecular weight is 391 g/mol. The third-order valence-electron chi connectivity index (χ3n) is 5.35. The third kappa shape index (κ3) is 4.98. The van der Waals surface area contributed by atoms with E-state index in [1.54, 1.807) is 16.7 Å². The first-order valence-corrected chi connectivity index (χ1v) is 11.1. The van der Waals surface area contributed by atoms with E-state index in [4.69, 9.17) is 4.74 Å². The predicted molar refractivity (Wildman–Crippen MR) is 110 cm³/mol. The van der Waals surface area contributed by atoms with Crippen molar-refractivity contribution >= 4 is 29.4 Å². The number of hydrogen-bond acceptors (Lipinski definition) is 4. The maximum atomic E-state index is 13.1. The van der Waals surface area contributed by atoms with Gasteiger partial charge in [0.2, 0.25) is 0 Å². The molecule has 2 aliphatic rings. The highest BCUT2D eigenvalue weighted by molar-refractivity contribution is 8.00. The fraction of sp³-hybridized carbons (Fsp3) is 0.619. The molecule has 1 heterocycles. The number of rotatable bonds is 5. The van der Waals surface area contributed by atoms with Gasteiger partial charge in [-0.05, 0) is 44.2 Å². The number of ether oxygens (including phenoxy) is 1. The summed E-state index contributed by atoms with van der Waals surface area (Å²) < 4.78 is 5.38. The normalized spacial score (nSPS) is 23.3. The van der Waals surface area contributed by atoms with Crippen LogP contribution in [0.2, 0.25) is 0 Å². The van der Waals surface area contributed by atoms with Gasteiger partial charge in [0.1, 0.15) is 6.04 Å². The standard InChI is InChI=1S/C21H30N2O3S/c1-3-13-26-20(24)18-14-27-19(16-7-5-4-6-8-16)23(18)21(25)22-17-11-9-15(2)10-12-17/h9-12,16,18-19H,3-8,13-14H2,1-2H3,(H,22,25)/t18-,19-/m0/s1. The van der Waals surface area contributed by atoms with Gasteiger partial charge in [-0.3, -0.25) is 4.90 Å². The van der Waals surface area contributed by atoms with Crippen LogP contribution in [0.25, 0.3) is 0 Å². The minimum absolute atomic E-state index is 0.0509. The molecule has 1 aromatic carbocycles. The molecule has 2 amide bonds. The van der Waals surface area contributed by atoms with Crippen LogP contribution in [0.4, 0.5) is 10.5 Å². The van der Waals surface area contributed by atoms with Crippen LogP contribution in [0.1, 0.15) is 51.0 Å². The van der Waals surface area contributed by atoms with Gasteiger partial charge in [0.05, 0.1) is 12.0 Å². The van der Waals surface area contributed by atoms with Crippen LogP contribution in [-0.4, -0.2) is 40.7 Å². The second kappa shape index (κ2) is 9.49. The van der Waals surface area contributed by atoms with Gasteiger partial charge in [0, 0.05) is 11.4 Å². The SMILES string of the molecule is CCCOC(=O)[C@@H]1CS[C@@H](C2CCCCC2)N1C(=O)Nc1ccc(C)cc1. The summed E-state index contributed by atoms with van der Waals surface area (Å²) in [5.41, 5.74) is 1.90. The minimum Gasteiger partial charge on any atom is -0.464 e. The zero-order chi connectivity index (χ0) is 19.2. The number of esters is 1. The van der Waals surface area contributed by atoms with E-state index in [1.165, 1.54) is 19.3 Å². The van der Waals surface area contributed by atoms with Crippen molar-refractivity contribution in [3.05, 3.63) is 29.8 Å². The maximum absolute atomic E-state index is 13.1. The molecular formula is C21H30N2O3S. The lowest BCUT2D eigenvalue weighted by molar-refractivity contribution is -0.148. The topological polar surface area (TPSA) is 58.6 Å². The molecule has 1 aliphatic heterocycles. The molecule has 1 aliphatic carbocycles. The van der Waals surface area contributed by atoms with E-state index in [9.17, 15) is 9.59 Å². The summed E-state index contributed by atoms with van der Waals surface area (Å²) in [5.74, 6) is 0.795. The highest BCUT2D eigenvalue weighted by Crippen LogP contribution is 2.41. The van der Waals surface area contributed by atoms with Crippen LogP contribution < -0.4 is 5.32 Å². The van der Waals surface area contributed by atoms with E-state index in [0.717, 1.165) is 30.5 Å². The molecule has 5 nitrogen and oxygen atoms in total. The van der Waals surface area contributed by atoms with Crippen molar-refractivity contribution in [2.75, 3.05) is 17.7 Å². The van der Waals surface area contributed by atoms with Gasteiger partial charge in [0.25, 0.3) is 0 Å². The number of urea groups is 1. The Morgan fingerprint density at radius 3 is 2.56 bits per heavy atom. The molecular weight excluding hydrogens is 360 g/mol. The van der Waals surface area contributed by atoms with Crippen molar-refractivity contribution in [1.82, 2.24) is 4.90 Å². The van der Waals surface area contributed by atoms with Crippen molar-refractivity contribution in [2.45, 2.75) is 63.8 Å². The van der Waals surface area contributed by atoms with Crippen molar-refractivity contribution < 1.29 is 14.3 Å². The fourth-order valence-corrected chi connectivity index (χ4v) is 5.50. The molecule has 2 atom stereocenters. The number of carbonyl (C=O) groups is 2. The number of hydrogen-bond donors (Lipinski definition) is 1. The van der Waals surface area contributed by atoms with E-state index in [0.29, 0.717) is 18.3 Å². The Morgan fingerprint density at radius 2 is 1.89 bits per heavy atom. The first kappa shape index (κ1) is 20.1. The van der Waals surface area contributed by atoms with E-state index in [2.05, 4.69) is 5.32 Å². The molecule has 1 N–H and O–H groups in total. The van der Waals surface area contributed by atoms with Crippen LogP contribution >= 0.6 is 11.8 Å². The number of benzene rings is 1. The highest BCUT2D eigenvalue weighted by Gasteiger charge is 2.45. The van der Waals surface area contributed by atoms with E-state index >= 15 is 0 Å². The molecule has 6 heteroatoms. The first-order chi connectivity index (χ1) is 13.1. The number of aryl methyl sites for hydroxylation is 1. The lowest BCUT2D eigenvalue weighted by Gasteiger charge is -2.35. The number of nitrogens with zero attached hydrogens (tertiary/aromatic N) is 1. The van der Waals surface area contributed by atoms with Crippen LogP contribution in [0.3, 0.4) is 0 Å². The molecule has 0 bridgehead atoms. The molecule has 3 rings (SSSR count). The van der Waals surface area contributed by atoms with Crippen LogP contribution in [0.5, 0.6) is 0 Å². The van der Waals surface area contributed by atoms with Crippen LogP contribution in [-0.2, 0) is 9.53 Å². The average Bonchev–Trinajstić information content (AvgIpc) is 3.14. The van der Waals surface area contributed by atoms with Gasteiger partial charge in [-0.2, -0.15) is 0 Å². The van der Waals surface area contributed by atoms with Crippen molar-refractivity contribution in [3.63, 3.8) is 0 Å². The van der Waals surface area contributed by atoms with E-state index in [-0.39, 0.29) is 17.4 Å². The smallest absolute Gasteiger partial charge is 0.329 e. The van der Waals surface area contributed by atoms with Gasteiger partial charge < -0.3 is 10.1 Å². The minimum atomic E-state index is -0.501. The monoisotopic (exact) mass is 390 g/mol. The zero-order valence-corrected chi connectivity index (χ0v) is 17.1. The van der Waals surface area contributed by atoms with Gasteiger partial charge in [-0.15, -0.1) is 11.8 Å². The van der Waals surface area contributed by atoms with E-state index < -0.39 is 6.04 Å². The summed E-state index contributed by atoms with van der Waals surface area (Å²) in [4.78, 5) is 27.5. The van der Waals surface area contributed by atoms with E-state index in [1.807, 2.05) is 38.1 Å². The molecule has 1 saturated heterocycles. The second-order valence-electron chi connectivity index (χ2n) is 7.51. The zero-order valence-electron chi connectivity index (χ0n) is 16.3. The maximum Gasteiger partial charge on any atom is 0.329 e. The molecule has 0 aromatic heterocycles. The second-order valence-corrected chi connectivity index (χ2v) is 8.66. The van der Waals surface area contributed by atoms with Crippen molar-refractivity contribution in [1.29, 1.82) is 0 Å². The van der Waals surface area contributed by atoms with Gasteiger partial charge >= 0.3 is 12.0 Å². The molecule has 27 heavy (non-hydrogen) atoms. The van der Waals surface area contributed by atoms with Gasteiger partial charge in [-0.1, -0.05) is 43.9 Å². The number of thioether (sulfide) groups is 1. The Morgan fingerprint density at radius 1 is 1.19 bits per heavy atom. The quantitative estimate of drug-likeness (QED) is 0.734. The number of nitrogens with one attached hydrogen (secondary N) is 1. The highest BCUT2D eigenvalue weighted by atomic mass is 32.2. The Bertz CT molecular complexity index is 643. The van der Waals surface area contributed by atoms with Crippen LogP contribution in [0.15, 0.2) is 24.3 Å². The van der Waals surface area contributed by atoms with Gasteiger partial charge in [0.15, 0.2) is 0 Å². The number of carbonyl (C=O) groups excluding carboxylic acids is 2. The predicted octanol–water partition coefficient (Wildman–Crippen LogP) is 4.80. The first-order valence-electron chi connectivity index (χ1n) is 10.0. The molecule has 0 unspecified atom stereocenters. The largest absolute Gasteiger partial charge is 0.464 e. The third-order valence-corrected chi connectivity index (χ3v) is 6.81. The Balaban J connectivity index is 1.76. The molecule has 148 valence electrons. The van der Waals surface area contributed by atoms with Crippen molar-refractivity contribution in [3.8, 4) is 0 Å². The number of amides is 2. The lowest BCUT2D eigenvalue weighted by Crippen LogP contribution is -2.50. The number of anilines is 1. The molecule has 0 radical (unpaired) electrons. The summed E-state index contributed by atoms with van der Waals surface area (Å²) in [6.45, 7) is 4.40. The fourth-order valence-electron chi connectivity index (χ4n) is 3.87. The molecule has 1 aromatic rings. The summed E-state index contributed by atoms with van der Waals surface area (Å²) in [7, 11) is 0. The summed E-state index contributed by atoms with van der Waals surface area (Å²) >= 11 is 1.73. The van der Waals surface area contributed by atoms with Crippen molar-refractivity contribution in [2.24, 2.45) is 5.92 Å². The molecule has 0 spiro atoms. The molecule has 2 fully saturated rings. The summed E-state index contributed by atoms with van der Waals surface area (Å²) in [6.07, 6.45) is 6.73. The lowest BCUT2D eigenvalue weighted by atomic mass is 9.88.